The van der Waals surface area contributed by atoms with E-state index in [0.717, 1.165) is 19.3 Å². The SMILES string of the molecule is CC1(C)CC(CC(=O)OC2CC3CC(C)(C)N2C(C)(C)C3)CC(C)(C)N1. The Balaban J connectivity index is 1.65. The summed E-state index contributed by atoms with van der Waals surface area (Å²) in [5.74, 6) is 1.05. The van der Waals surface area contributed by atoms with Crippen LogP contribution in [0.15, 0.2) is 0 Å². The van der Waals surface area contributed by atoms with E-state index < -0.39 is 0 Å². The van der Waals surface area contributed by atoms with Crippen LogP contribution in [0.2, 0.25) is 0 Å². The van der Waals surface area contributed by atoms with Gasteiger partial charge in [-0.25, -0.2) is 0 Å². The van der Waals surface area contributed by atoms with E-state index in [4.69, 9.17) is 4.74 Å². The molecule has 26 heavy (non-hydrogen) atoms. The highest BCUT2D eigenvalue weighted by Crippen LogP contribution is 2.50. The lowest BCUT2D eigenvalue weighted by Crippen LogP contribution is -2.69. The maximum absolute atomic E-state index is 12.8. The van der Waals surface area contributed by atoms with Gasteiger partial charge in [0.05, 0.1) is 0 Å². The fourth-order valence-corrected chi connectivity index (χ4v) is 7.05. The molecule has 4 rings (SSSR count). The number of piperidine rings is 4. The summed E-state index contributed by atoms with van der Waals surface area (Å²) >= 11 is 0. The minimum absolute atomic E-state index is 0.00681. The number of carbonyl (C=O) groups is 1. The van der Waals surface area contributed by atoms with Crippen molar-refractivity contribution in [1.82, 2.24) is 10.2 Å². The van der Waals surface area contributed by atoms with Crippen LogP contribution in [-0.2, 0) is 9.53 Å². The molecule has 0 spiro atoms. The Kier molecular flexibility index (Phi) is 4.80. The molecule has 0 saturated carbocycles. The molecule has 1 atom stereocenters. The van der Waals surface area contributed by atoms with Crippen molar-refractivity contribution in [1.29, 1.82) is 0 Å². The summed E-state index contributed by atoms with van der Waals surface area (Å²) in [6.07, 6.45) is 5.97. The van der Waals surface area contributed by atoms with Crippen LogP contribution in [0.3, 0.4) is 0 Å². The number of ether oxygens (including phenoxy) is 1. The fourth-order valence-electron chi connectivity index (χ4n) is 7.05. The third-order valence-corrected chi connectivity index (χ3v) is 6.70. The molecular weight excluding hydrogens is 324 g/mol. The van der Waals surface area contributed by atoms with Crippen LogP contribution in [-0.4, -0.2) is 39.3 Å². The highest BCUT2D eigenvalue weighted by atomic mass is 16.6. The van der Waals surface area contributed by atoms with Crippen LogP contribution in [0.5, 0.6) is 0 Å². The third kappa shape index (κ3) is 4.11. The van der Waals surface area contributed by atoms with Gasteiger partial charge in [-0.05, 0) is 92.9 Å². The lowest BCUT2D eigenvalue weighted by atomic mass is 9.67. The summed E-state index contributed by atoms with van der Waals surface area (Å²) in [5.41, 5.74) is 0.358. The maximum Gasteiger partial charge on any atom is 0.307 e. The van der Waals surface area contributed by atoms with Crippen LogP contribution in [0.1, 0.15) is 93.9 Å². The smallest absolute Gasteiger partial charge is 0.307 e. The second-order valence-corrected chi connectivity index (χ2v) is 11.8. The van der Waals surface area contributed by atoms with E-state index in [1.807, 2.05) is 0 Å². The lowest BCUT2D eigenvalue weighted by molar-refractivity contribution is -0.221. The average molecular weight is 365 g/mol. The molecule has 2 bridgehead atoms. The lowest BCUT2D eigenvalue weighted by Gasteiger charge is -2.62. The van der Waals surface area contributed by atoms with Crippen molar-refractivity contribution in [3.05, 3.63) is 0 Å². The highest BCUT2D eigenvalue weighted by Gasteiger charge is 2.54. The number of nitrogens with zero attached hydrogens (tertiary/aromatic N) is 1. The number of hydrogen-bond acceptors (Lipinski definition) is 4. The molecule has 4 heterocycles. The summed E-state index contributed by atoms with van der Waals surface area (Å²) in [6.45, 7) is 18.2. The van der Waals surface area contributed by atoms with Gasteiger partial charge in [-0.2, -0.15) is 0 Å². The van der Waals surface area contributed by atoms with Gasteiger partial charge in [0.1, 0.15) is 0 Å². The predicted octanol–water partition coefficient (Wildman–Crippen LogP) is 4.48. The van der Waals surface area contributed by atoms with Crippen LogP contribution in [0.4, 0.5) is 0 Å². The minimum Gasteiger partial charge on any atom is -0.446 e. The van der Waals surface area contributed by atoms with Gasteiger partial charge in [-0.3, -0.25) is 9.69 Å². The van der Waals surface area contributed by atoms with Crippen LogP contribution in [0.25, 0.3) is 0 Å². The molecule has 1 unspecified atom stereocenters. The highest BCUT2D eigenvalue weighted by molar-refractivity contribution is 5.70. The van der Waals surface area contributed by atoms with Crippen molar-refractivity contribution in [2.24, 2.45) is 11.8 Å². The predicted molar refractivity (Wildman–Crippen MR) is 106 cm³/mol. The zero-order valence-electron chi connectivity index (χ0n) is 18.2. The third-order valence-electron chi connectivity index (χ3n) is 6.70. The molecule has 150 valence electrons. The molecule has 4 aliphatic heterocycles. The molecule has 0 aromatic heterocycles. The van der Waals surface area contributed by atoms with E-state index in [9.17, 15) is 4.79 Å². The number of nitrogens with one attached hydrogen (secondary N) is 1. The Morgan fingerprint density at radius 3 is 1.88 bits per heavy atom. The van der Waals surface area contributed by atoms with Crippen molar-refractivity contribution < 1.29 is 9.53 Å². The van der Waals surface area contributed by atoms with E-state index in [2.05, 4.69) is 65.6 Å². The summed E-state index contributed by atoms with van der Waals surface area (Å²) in [6, 6.07) is 0. The van der Waals surface area contributed by atoms with Gasteiger partial charge in [-0.15, -0.1) is 0 Å². The summed E-state index contributed by atoms with van der Waals surface area (Å²) in [5, 5.41) is 3.70. The first-order valence-corrected chi connectivity index (χ1v) is 10.5. The number of esters is 1. The molecule has 4 saturated heterocycles. The largest absolute Gasteiger partial charge is 0.446 e. The van der Waals surface area contributed by atoms with E-state index in [-0.39, 0.29) is 34.4 Å². The van der Waals surface area contributed by atoms with Crippen LogP contribution in [0, 0.1) is 11.8 Å². The van der Waals surface area contributed by atoms with Crippen LogP contribution >= 0.6 is 0 Å². The van der Waals surface area contributed by atoms with E-state index >= 15 is 0 Å². The first-order chi connectivity index (χ1) is 11.7. The summed E-state index contributed by atoms with van der Waals surface area (Å²) < 4.78 is 6.10. The van der Waals surface area contributed by atoms with Crippen LogP contribution < -0.4 is 5.32 Å². The average Bonchev–Trinajstić information content (AvgIpc) is 2.29. The Hall–Kier alpha value is -0.610. The maximum atomic E-state index is 12.8. The van der Waals surface area contributed by atoms with Gasteiger partial charge in [0.15, 0.2) is 6.23 Å². The molecule has 0 aliphatic carbocycles. The van der Waals surface area contributed by atoms with Gasteiger partial charge < -0.3 is 10.1 Å². The molecule has 0 amide bonds. The molecular formula is C22H40N2O2. The minimum atomic E-state index is -0.0530. The second-order valence-electron chi connectivity index (χ2n) is 11.8. The first-order valence-electron chi connectivity index (χ1n) is 10.5. The van der Waals surface area contributed by atoms with Crippen molar-refractivity contribution >= 4 is 5.97 Å². The van der Waals surface area contributed by atoms with Crippen molar-refractivity contribution in [2.45, 2.75) is 122 Å². The molecule has 4 fully saturated rings. The fraction of sp³-hybridized carbons (Fsp3) is 0.955. The zero-order valence-corrected chi connectivity index (χ0v) is 18.2. The van der Waals surface area contributed by atoms with Gasteiger partial charge >= 0.3 is 5.97 Å². The summed E-state index contributed by atoms with van der Waals surface area (Å²) in [7, 11) is 0. The van der Waals surface area contributed by atoms with Crippen molar-refractivity contribution in [3.63, 3.8) is 0 Å². The number of carbonyl (C=O) groups excluding carboxylic acids is 1. The van der Waals surface area contributed by atoms with E-state index in [0.29, 0.717) is 18.3 Å². The standard InChI is InChI=1S/C22H40N2O2/c1-19(2)11-16(12-20(3,4)23-19)10-18(25)26-17-9-15-13-21(5,6)24(17)22(7,8)14-15/h15-17,23H,9-14H2,1-8H3. The first kappa shape index (κ1) is 20.1. The Morgan fingerprint density at radius 2 is 1.42 bits per heavy atom. The topological polar surface area (TPSA) is 41.6 Å². The molecule has 0 radical (unpaired) electrons. The monoisotopic (exact) mass is 364 g/mol. The molecule has 4 nitrogen and oxygen atoms in total. The number of fused-ring (bicyclic) bond motifs is 3. The zero-order chi connectivity index (χ0) is 19.5. The van der Waals surface area contributed by atoms with Gasteiger partial charge in [0, 0.05) is 35.0 Å². The number of rotatable bonds is 3. The van der Waals surface area contributed by atoms with Gasteiger partial charge in [-0.1, -0.05) is 0 Å². The van der Waals surface area contributed by atoms with Crippen molar-refractivity contribution in [3.8, 4) is 0 Å². The summed E-state index contributed by atoms with van der Waals surface area (Å²) in [4.78, 5) is 15.3. The number of hydrogen-bond donors (Lipinski definition) is 1. The Labute approximate surface area is 160 Å². The normalized spacial score (nSPS) is 37.3. The molecule has 0 aromatic rings. The molecule has 4 aliphatic rings. The molecule has 4 heteroatoms. The molecule has 1 N–H and O–H groups in total. The molecule has 0 aromatic carbocycles. The second kappa shape index (κ2) is 6.20. The quantitative estimate of drug-likeness (QED) is 0.750. The Morgan fingerprint density at radius 1 is 0.923 bits per heavy atom. The van der Waals surface area contributed by atoms with E-state index in [1.54, 1.807) is 0 Å². The van der Waals surface area contributed by atoms with E-state index in [1.165, 1.54) is 12.8 Å². The Bertz CT molecular complexity index is 530. The van der Waals surface area contributed by atoms with Crippen molar-refractivity contribution in [2.75, 3.05) is 0 Å². The van der Waals surface area contributed by atoms with Gasteiger partial charge in [0.2, 0.25) is 0 Å². The van der Waals surface area contributed by atoms with Gasteiger partial charge in [0.25, 0.3) is 0 Å².